The molecular formula is C14H16Cl2N4O3S2. The largest absolute Gasteiger partial charge is 0.301 e. The number of hydrogen-bond donors (Lipinski definition) is 2. The number of nitrogens with one attached hydrogen (secondary N) is 2. The van der Waals surface area contributed by atoms with Gasteiger partial charge in [0.25, 0.3) is 0 Å². The van der Waals surface area contributed by atoms with Crippen LogP contribution in [0.4, 0.5) is 5.13 Å². The fourth-order valence-corrected chi connectivity index (χ4v) is 3.97. The maximum absolute atomic E-state index is 12.1. The van der Waals surface area contributed by atoms with Crippen molar-refractivity contribution in [3.05, 3.63) is 33.3 Å². The second-order valence-corrected chi connectivity index (χ2v) is 8.62. The molecule has 1 aromatic carbocycles. The summed E-state index contributed by atoms with van der Waals surface area (Å²) < 4.78 is 26.7. The number of amides is 1. The van der Waals surface area contributed by atoms with Crippen LogP contribution in [0.2, 0.25) is 10.0 Å². The Bertz CT molecular complexity index is 856. The van der Waals surface area contributed by atoms with E-state index in [1.54, 1.807) is 0 Å². The van der Waals surface area contributed by atoms with Crippen LogP contribution in [-0.4, -0.2) is 31.1 Å². The lowest BCUT2D eigenvalue weighted by atomic mass is 10.3. The van der Waals surface area contributed by atoms with Gasteiger partial charge >= 0.3 is 0 Å². The summed E-state index contributed by atoms with van der Waals surface area (Å²) in [6.45, 7) is 2.07. The van der Waals surface area contributed by atoms with E-state index in [9.17, 15) is 13.2 Å². The van der Waals surface area contributed by atoms with Gasteiger partial charge in [-0.3, -0.25) is 4.79 Å². The number of halogens is 2. The van der Waals surface area contributed by atoms with Crippen molar-refractivity contribution in [3.63, 3.8) is 0 Å². The molecule has 0 bridgehead atoms. The smallest absolute Gasteiger partial charge is 0.240 e. The minimum absolute atomic E-state index is 0.0207. The van der Waals surface area contributed by atoms with E-state index in [1.807, 2.05) is 6.92 Å². The minimum atomic E-state index is -3.70. The summed E-state index contributed by atoms with van der Waals surface area (Å²) in [5, 5.41) is 12.1. The molecule has 2 N–H and O–H groups in total. The van der Waals surface area contributed by atoms with Crippen LogP contribution in [0.3, 0.4) is 0 Å². The summed E-state index contributed by atoms with van der Waals surface area (Å²) in [5.41, 5.74) is 0. The zero-order valence-electron chi connectivity index (χ0n) is 13.3. The topological polar surface area (TPSA) is 101 Å². The summed E-state index contributed by atoms with van der Waals surface area (Å²) in [5.74, 6) is -0.243. The summed E-state index contributed by atoms with van der Waals surface area (Å²) in [7, 11) is -3.70. The molecule has 1 aromatic heterocycles. The Hall–Kier alpha value is -1.26. The first kappa shape index (κ1) is 20.1. The van der Waals surface area contributed by atoms with Crippen LogP contribution in [0.15, 0.2) is 23.1 Å². The lowest BCUT2D eigenvalue weighted by Gasteiger charge is -2.07. The highest BCUT2D eigenvalue weighted by Crippen LogP contribution is 2.24. The summed E-state index contributed by atoms with van der Waals surface area (Å²) in [6, 6.07) is 4.06. The third kappa shape index (κ3) is 5.89. The quantitative estimate of drug-likeness (QED) is 0.636. The molecule has 0 aliphatic rings. The number of aryl methyl sites for hydroxylation is 1. The van der Waals surface area contributed by atoms with Crippen LogP contribution in [0, 0.1) is 0 Å². The van der Waals surface area contributed by atoms with Crippen LogP contribution in [0.1, 0.15) is 24.8 Å². The van der Waals surface area contributed by atoms with Crippen LogP contribution in [-0.2, 0) is 21.2 Å². The molecule has 136 valence electrons. The molecule has 25 heavy (non-hydrogen) atoms. The van der Waals surface area contributed by atoms with E-state index in [-0.39, 0.29) is 33.8 Å². The van der Waals surface area contributed by atoms with Gasteiger partial charge in [-0.25, -0.2) is 13.1 Å². The van der Waals surface area contributed by atoms with Gasteiger partial charge in [-0.05, 0) is 31.0 Å². The van der Waals surface area contributed by atoms with Crippen molar-refractivity contribution in [2.24, 2.45) is 0 Å². The Morgan fingerprint density at radius 3 is 2.64 bits per heavy atom. The molecule has 2 aromatic rings. The molecule has 0 aliphatic heterocycles. The van der Waals surface area contributed by atoms with Gasteiger partial charge in [0.1, 0.15) is 5.01 Å². The second kappa shape index (κ2) is 8.91. The first-order chi connectivity index (χ1) is 11.8. The number of anilines is 1. The van der Waals surface area contributed by atoms with Crippen LogP contribution < -0.4 is 10.0 Å². The molecular weight excluding hydrogens is 407 g/mol. The lowest BCUT2D eigenvalue weighted by Crippen LogP contribution is -2.25. The molecule has 0 saturated carbocycles. The van der Waals surface area contributed by atoms with Crippen LogP contribution in [0.25, 0.3) is 0 Å². The highest BCUT2D eigenvalue weighted by atomic mass is 35.5. The maximum atomic E-state index is 12.1. The van der Waals surface area contributed by atoms with Crippen molar-refractivity contribution in [2.45, 2.75) is 31.1 Å². The van der Waals surface area contributed by atoms with Crippen molar-refractivity contribution in [1.29, 1.82) is 0 Å². The standard InChI is InChI=1S/C14H16Cl2N4O3S2/c1-2-13-19-20-14(24-13)18-12(21)4-3-7-17-25(22,23)9-5-6-10(15)11(16)8-9/h5-6,8,17H,2-4,7H2,1H3,(H,18,20,21). The van der Waals surface area contributed by atoms with Gasteiger partial charge in [-0.2, -0.15) is 0 Å². The summed E-state index contributed by atoms with van der Waals surface area (Å²) in [4.78, 5) is 11.8. The molecule has 0 radical (unpaired) electrons. The first-order valence-electron chi connectivity index (χ1n) is 7.38. The van der Waals surface area contributed by atoms with E-state index in [1.165, 1.54) is 29.5 Å². The number of nitrogens with zero attached hydrogens (tertiary/aromatic N) is 2. The predicted molar refractivity (Wildman–Crippen MR) is 98.8 cm³/mol. The average molecular weight is 423 g/mol. The Kier molecular flexibility index (Phi) is 7.14. The summed E-state index contributed by atoms with van der Waals surface area (Å²) >= 11 is 12.9. The number of carbonyl (C=O) groups excluding carboxylic acids is 1. The first-order valence-corrected chi connectivity index (χ1v) is 10.4. The SMILES string of the molecule is CCc1nnc(NC(=O)CCCNS(=O)(=O)c2ccc(Cl)c(Cl)c2)s1. The van der Waals surface area contributed by atoms with Crippen molar-refractivity contribution in [3.8, 4) is 0 Å². The van der Waals surface area contributed by atoms with E-state index in [0.717, 1.165) is 11.4 Å². The number of hydrogen-bond acceptors (Lipinski definition) is 6. The number of carbonyl (C=O) groups is 1. The van der Waals surface area contributed by atoms with Crippen LogP contribution in [0.5, 0.6) is 0 Å². The zero-order valence-corrected chi connectivity index (χ0v) is 16.4. The van der Waals surface area contributed by atoms with Crippen molar-refractivity contribution >= 4 is 55.6 Å². The van der Waals surface area contributed by atoms with Crippen molar-refractivity contribution < 1.29 is 13.2 Å². The van der Waals surface area contributed by atoms with E-state index >= 15 is 0 Å². The maximum Gasteiger partial charge on any atom is 0.240 e. The lowest BCUT2D eigenvalue weighted by molar-refractivity contribution is -0.116. The zero-order chi connectivity index (χ0) is 18.4. The van der Waals surface area contributed by atoms with Gasteiger partial charge < -0.3 is 5.32 Å². The number of aromatic nitrogens is 2. The van der Waals surface area contributed by atoms with E-state index in [0.29, 0.717) is 11.6 Å². The van der Waals surface area contributed by atoms with Gasteiger partial charge in [0, 0.05) is 13.0 Å². The molecule has 7 nitrogen and oxygen atoms in total. The number of rotatable bonds is 8. The molecule has 0 spiro atoms. The van der Waals surface area contributed by atoms with Gasteiger partial charge in [-0.1, -0.05) is 41.5 Å². The van der Waals surface area contributed by atoms with Crippen molar-refractivity contribution in [1.82, 2.24) is 14.9 Å². The van der Waals surface area contributed by atoms with Crippen LogP contribution >= 0.6 is 34.5 Å². The van der Waals surface area contributed by atoms with E-state index < -0.39 is 10.0 Å². The second-order valence-electron chi connectivity index (χ2n) is 4.98. The predicted octanol–water partition coefficient (Wildman–Crippen LogP) is 3.10. The Balaban J connectivity index is 1.79. The minimum Gasteiger partial charge on any atom is -0.301 e. The molecule has 0 atom stereocenters. The Morgan fingerprint density at radius 1 is 1.24 bits per heavy atom. The molecule has 1 amide bonds. The molecule has 0 aliphatic carbocycles. The monoisotopic (exact) mass is 422 g/mol. The Labute approximate surface area is 159 Å². The molecule has 0 fully saturated rings. The highest BCUT2D eigenvalue weighted by Gasteiger charge is 2.15. The third-order valence-corrected chi connectivity index (χ3v) is 6.27. The third-order valence-electron chi connectivity index (χ3n) is 3.09. The van der Waals surface area contributed by atoms with Gasteiger partial charge in [-0.15, -0.1) is 10.2 Å². The average Bonchev–Trinajstić information content (AvgIpc) is 3.01. The molecule has 0 saturated heterocycles. The summed E-state index contributed by atoms with van der Waals surface area (Å²) in [6.07, 6.45) is 1.25. The van der Waals surface area contributed by atoms with Gasteiger partial charge in [0.05, 0.1) is 14.9 Å². The molecule has 0 unspecified atom stereocenters. The normalized spacial score (nSPS) is 11.5. The number of benzene rings is 1. The Morgan fingerprint density at radius 2 is 2.00 bits per heavy atom. The van der Waals surface area contributed by atoms with Gasteiger partial charge in [0.15, 0.2) is 0 Å². The van der Waals surface area contributed by atoms with Crippen molar-refractivity contribution in [2.75, 3.05) is 11.9 Å². The highest BCUT2D eigenvalue weighted by molar-refractivity contribution is 7.89. The fourth-order valence-electron chi connectivity index (χ4n) is 1.81. The fraction of sp³-hybridized carbons (Fsp3) is 0.357. The van der Waals surface area contributed by atoms with E-state index in [2.05, 4.69) is 20.2 Å². The molecule has 2 rings (SSSR count). The molecule has 1 heterocycles. The molecule has 11 heteroatoms. The number of sulfonamides is 1. The van der Waals surface area contributed by atoms with E-state index in [4.69, 9.17) is 23.2 Å². The van der Waals surface area contributed by atoms with Gasteiger partial charge in [0.2, 0.25) is 21.1 Å².